The van der Waals surface area contributed by atoms with Crippen LogP contribution in [0.1, 0.15) is 70.7 Å². The van der Waals surface area contributed by atoms with Gasteiger partial charge in [-0.05, 0) is 90.4 Å². The second-order valence-corrected chi connectivity index (χ2v) is 8.74. The molecule has 0 saturated carbocycles. The number of fused-ring (bicyclic) bond motifs is 3. The molecule has 146 valence electrons. The van der Waals surface area contributed by atoms with Crippen LogP contribution in [0.5, 0.6) is 0 Å². The Morgan fingerprint density at radius 2 is 1.14 bits per heavy atom. The van der Waals surface area contributed by atoms with E-state index in [-0.39, 0.29) is 17.0 Å². The molecule has 0 unspecified atom stereocenters. The highest BCUT2D eigenvalue weighted by atomic mass is 16.1. The molecule has 0 amide bonds. The van der Waals surface area contributed by atoms with Gasteiger partial charge in [0.1, 0.15) is 0 Å². The van der Waals surface area contributed by atoms with Crippen molar-refractivity contribution in [1.29, 1.82) is 0 Å². The van der Waals surface area contributed by atoms with Gasteiger partial charge in [-0.25, -0.2) is 0 Å². The highest BCUT2D eigenvalue weighted by Gasteiger charge is 2.36. The molecule has 0 bridgehead atoms. The molecule has 0 spiro atoms. The fourth-order valence-corrected chi connectivity index (χ4v) is 4.58. The molecule has 2 nitrogen and oxygen atoms in total. The maximum Gasteiger partial charge on any atom is 0.159 e. The number of Topliss-reactive ketones (excluding diaryl/α,β-unsaturated/α-hetero) is 2. The zero-order chi connectivity index (χ0) is 21.1. The fourth-order valence-electron chi connectivity index (χ4n) is 4.58. The number of carbonyl (C=O) groups is 2. The lowest BCUT2D eigenvalue weighted by Crippen LogP contribution is -2.16. The van der Waals surface area contributed by atoms with Gasteiger partial charge >= 0.3 is 0 Å². The SMILES string of the molecule is CC(=O)c1ccc(-c2cc3c(cc2C)-c2ccc(C(C)=O)cc2C3(C)C)c(C)c1. The summed E-state index contributed by atoms with van der Waals surface area (Å²) in [7, 11) is 0. The highest BCUT2D eigenvalue weighted by molar-refractivity contribution is 5.97. The Kier molecular flexibility index (Phi) is 4.34. The first-order chi connectivity index (χ1) is 13.6. The van der Waals surface area contributed by atoms with Crippen LogP contribution < -0.4 is 0 Å². The molecule has 0 aromatic heterocycles. The highest BCUT2D eigenvalue weighted by Crippen LogP contribution is 2.50. The van der Waals surface area contributed by atoms with E-state index in [0.29, 0.717) is 0 Å². The summed E-state index contributed by atoms with van der Waals surface area (Å²) in [6.45, 7) is 11.9. The maximum absolute atomic E-state index is 11.9. The minimum absolute atomic E-state index is 0.0863. The third kappa shape index (κ3) is 2.95. The van der Waals surface area contributed by atoms with Crippen LogP contribution in [0.3, 0.4) is 0 Å². The number of aryl methyl sites for hydroxylation is 2. The third-order valence-electron chi connectivity index (χ3n) is 6.35. The van der Waals surface area contributed by atoms with E-state index in [0.717, 1.165) is 22.3 Å². The molecule has 0 saturated heterocycles. The Hall–Kier alpha value is -3.00. The second-order valence-electron chi connectivity index (χ2n) is 8.74. The molecule has 0 N–H and O–H groups in total. The van der Waals surface area contributed by atoms with E-state index >= 15 is 0 Å². The van der Waals surface area contributed by atoms with Gasteiger partial charge in [0.05, 0.1) is 0 Å². The molecule has 0 fully saturated rings. The number of hydrogen-bond acceptors (Lipinski definition) is 2. The van der Waals surface area contributed by atoms with Crippen molar-refractivity contribution in [3.8, 4) is 22.3 Å². The number of rotatable bonds is 3. The summed E-state index contributed by atoms with van der Waals surface area (Å²) in [5.74, 6) is 0.181. The van der Waals surface area contributed by atoms with E-state index in [9.17, 15) is 9.59 Å². The first kappa shape index (κ1) is 19.3. The molecule has 0 heterocycles. The summed E-state index contributed by atoms with van der Waals surface area (Å²) in [4.78, 5) is 23.6. The third-order valence-corrected chi connectivity index (χ3v) is 6.35. The van der Waals surface area contributed by atoms with Crippen molar-refractivity contribution < 1.29 is 9.59 Å². The molecule has 0 aliphatic heterocycles. The van der Waals surface area contributed by atoms with Gasteiger partial charge in [-0.2, -0.15) is 0 Å². The van der Waals surface area contributed by atoms with E-state index in [1.165, 1.54) is 33.4 Å². The summed E-state index contributed by atoms with van der Waals surface area (Å²) in [5, 5.41) is 0. The van der Waals surface area contributed by atoms with Gasteiger partial charge in [-0.1, -0.05) is 44.2 Å². The molecule has 0 atom stereocenters. The van der Waals surface area contributed by atoms with E-state index in [1.807, 2.05) is 18.2 Å². The van der Waals surface area contributed by atoms with Crippen LogP contribution in [-0.4, -0.2) is 11.6 Å². The average Bonchev–Trinajstić information content (AvgIpc) is 2.87. The lowest BCUT2D eigenvalue weighted by molar-refractivity contribution is 0.100. The predicted octanol–water partition coefficient (Wildman–Crippen LogP) is 6.68. The molecule has 1 aliphatic rings. The van der Waals surface area contributed by atoms with Gasteiger partial charge in [0, 0.05) is 16.5 Å². The number of carbonyl (C=O) groups excluding carboxylic acids is 2. The second kappa shape index (κ2) is 6.52. The molecule has 29 heavy (non-hydrogen) atoms. The number of benzene rings is 3. The zero-order valence-corrected chi connectivity index (χ0v) is 17.9. The largest absolute Gasteiger partial charge is 0.295 e. The number of hydrogen-bond donors (Lipinski definition) is 0. The molecular formula is C27H26O2. The minimum Gasteiger partial charge on any atom is -0.295 e. The molecule has 1 aliphatic carbocycles. The lowest BCUT2D eigenvalue weighted by Gasteiger charge is -2.23. The number of ketones is 2. The average molecular weight is 383 g/mol. The Labute approximate surface area is 172 Å². The van der Waals surface area contributed by atoms with Crippen LogP contribution in [0.15, 0.2) is 48.5 Å². The molecule has 2 heteroatoms. The first-order valence-electron chi connectivity index (χ1n) is 10.0. The van der Waals surface area contributed by atoms with E-state index in [4.69, 9.17) is 0 Å². The van der Waals surface area contributed by atoms with Crippen molar-refractivity contribution in [2.75, 3.05) is 0 Å². The van der Waals surface area contributed by atoms with Gasteiger partial charge in [0.25, 0.3) is 0 Å². The van der Waals surface area contributed by atoms with Gasteiger partial charge in [-0.15, -0.1) is 0 Å². The van der Waals surface area contributed by atoms with E-state index < -0.39 is 0 Å². The van der Waals surface area contributed by atoms with Crippen molar-refractivity contribution in [2.24, 2.45) is 0 Å². The Balaban J connectivity index is 1.91. The zero-order valence-electron chi connectivity index (χ0n) is 17.9. The quantitative estimate of drug-likeness (QED) is 0.473. The lowest BCUT2D eigenvalue weighted by atomic mass is 9.80. The van der Waals surface area contributed by atoms with Crippen LogP contribution in [0.4, 0.5) is 0 Å². The Morgan fingerprint density at radius 3 is 1.72 bits per heavy atom. The topological polar surface area (TPSA) is 34.1 Å². The normalized spacial score (nSPS) is 13.7. The molecule has 4 rings (SSSR count). The van der Waals surface area contributed by atoms with Gasteiger partial charge in [0.2, 0.25) is 0 Å². The monoisotopic (exact) mass is 382 g/mol. The van der Waals surface area contributed by atoms with E-state index in [1.54, 1.807) is 13.8 Å². The molecule has 3 aromatic rings. The van der Waals surface area contributed by atoms with Crippen LogP contribution >= 0.6 is 0 Å². The standard InChI is InChI=1S/C27H26O2/c1-15-11-19(17(3)28)7-9-21(15)23-14-26-24(12-16(23)2)22-10-8-20(18(4)29)13-25(22)27(26,5)6/h7-14H,1-6H3. The van der Waals surface area contributed by atoms with Crippen molar-refractivity contribution in [2.45, 2.75) is 47.0 Å². The molecule has 3 aromatic carbocycles. The molecular weight excluding hydrogens is 356 g/mol. The van der Waals surface area contributed by atoms with Crippen LogP contribution in [0.25, 0.3) is 22.3 Å². The predicted molar refractivity (Wildman–Crippen MR) is 119 cm³/mol. The van der Waals surface area contributed by atoms with Gasteiger partial charge in [-0.3, -0.25) is 9.59 Å². The van der Waals surface area contributed by atoms with Gasteiger partial charge < -0.3 is 0 Å². The van der Waals surface area contributed by atoms with Gasteiger partial charge in [0.15, 0.2) is 11.6 Å². The Bertz CT molecular complexity index is 1200. The Morgan fingerprint density at radius 1 is 0.621 bits per heavy atom. The summed E-state index contributed by atoms with van der Waals surface area (Å²) >= 11 is 0. The summed E-state index contributed by atoms with van der Waals surface area (Å²) in [6.07, 6.45) is 0. The van der Waals surface area contributed by atoms with Crippen LogP contribution in [0, 0.1) is 13.8 Å². The van der Waals surface area contributed by atoms with E-state index in [2.05, 4.69) is 58.0 Å². The summed E-state index contributed by atoms with van der Waals surface area (Å²) in [6, 6.07) is 16.6. The molecule has 0 radical (unpaired) electrons. The first-order valence-corrected chi connectivity index (χ1v) is 10.0. The summed E-state index contributed by atoms with van der Waals surface area (Å²) in [5.41, 5.74) is 11.0. The van der Waals surface area contributed by atoms with Crippen LogP contribution in [-0.2, 0) is 5.41 Å². The summed E-state index contributed by atoms with van der Waals surface area (Å²) < 4.78 is 0. The van der Waals surface area contributed by atoms with Crippen molar-refractivity contribution in [3.05, 3.63) is 81.9 Å². The van der Waals surface area contributed by atoms with Crippen LogP contribution in [0.2, 0.25) is 0 Å². The van der Waals surface area contributed by atoms with Crippen molar-refractivity contribution >= 4 is 11.6 Å². The maximum atomic E-state index is 11.9. The minimum atomic E-state index is -0.175. The van der Waals surface area contributed by atoms with Crippen molar-refractivity contribution in [1.82, 2.24) is 0 Å². The van der Waals surface area contributed by atoms with Crippen molar-refractivity contribution in [3.63, 3.8) is 0 Å². The fraction of sp³-hybridized carbons (Fsp3) is 0.259. The smallest absolute Gasteiger partial charge is 0.159 e.